The molecule has 106 valence electrons. The number of hydrogen-bond donors (Lipinski definition) is 1. The highest BCUT2D eigenvalue weighted by Gasteiger charge is 2.20. The second-order valence-corrected chi connectivity index (χ2v) is 5.47. The maximum atomic E-state index is 4.43. The lowest BCUT2D eigenvalue weighted by Gasteiger charge is -2.19. The first-order valence-electron chi connectivity index (χ1n) is 7.08. The molecule has 2 heterocycles. The molecule has 0 bridgehead atoms. The third-order valence-electron chi connectivity index (χ3n) is 3.69. The molecule has 1 aliphatic rings. The lowest BCUT2D eigenvalue weighted by Crippen LogP contribution is -2.20. The van der Waals surface area contributed by atoms with Crippen LogP contribution in [-0.4, -0.2) is 27.6 Å². The SMILES string of the molecule is CN(Cc1nccn1C)c1ccnc(CNC2CC2)c1. The van der Waals surface area contributed by atoms with E-state index in [0.717, 1.165) is 24.6 Å². The fourth-order valence-corrected chi connectivity index (χ4v) is 2.19. The van der Waals surface area contributed by atoms with Crippen LogP contribution in [0.25, 0.3) is 0 Å². The first-order valence-corrected chi connectivity index (χ1v) is 7.08. The van der Waals surface area contributed by atoms with Crippen molar-refractivity contribution in [3.05, 3.63) is 42.2 Å². The van der Waals surface area contributed by atoms with Crippen molar-refractivity contribution in [2.24, 2.45) is 7.05 Å². The molecule has 0 unspecified atom stereocenters. The monoisotopic (exact) mass is 271 g/mol. The standard InChI is InChI=1S/C15H21N5/c1-19-8-7-17-15(19)11-20(2)14-5-6-16-13(9-14)10-18-12-3-4-12/h5-9,12,18H,3-4,10-11H2,1-2H3. The second-order valence-electron chi connectivity index (χ2n) is 5.47. The van der Waals surface area contributed by atoms with E-state index in [1.807, 2.05) is 36.3 Å². The van der Waals surface area contributed by atoms with Crippen molar-refractivity contribution in [1.29, 1.82) is 0 Å². The number of rotatable bonds is 6. The summed E-state index contributed by atoms with van der Waals surface area (Å²) in [6.45, 7) is 1.65. The van der Waals surface area contributed by atoms with Crippen molar-refractivity contribution >= 4 is 5.69 Å². The summed E-state index contributed by atoms with van der Waals surface area (Å²) in [6.07, 6.45) is 8.30. The third-order valence-corrected chi connectivity index (χ3v) is 3.69. The molecule has 0 saturated heterocycles. The Morgan fingerprint density at radius 3 is 2.90 bits per heavy atom. The zero-order chi connectivity index (χ0) is 13.9. The van der Waals surface area contributed by atoms with Crippen molar-refractivity contribution in [1.82, 2.24) is 19.9 Å². The van der Waals surface area contributed by atoms with E-state index in [1.165, 1.54) is 18.5 Å². The molecular weight excluding hydrogens is 250 g/mol. The van der Waals surface area contributed by atoms with Crippen LogP contribution in [0.3, 0.4) is 0 Å². The Morgan fingerprint density at radius 2 is 2.20 bits per heavy atom. The van der Waals surface area contributed by atoms with Crippen LogP contribution in [0, 0.1) is 0 Å². The molecule has 0 atom stereocenters. The molecule has 2 aromatic rings. The quantitative estimate of drug-likeness (QED) is 0.868. The molecule has 2 aromatic heterocycles. The van der Waals surface area contributed by atoms with Gasteiger partial charge >= 0.3 is 0 Å². The van der Waals surface area contributed by atoms with Gasteiger partial charge in [-0.2, -0.15) is 0 Å². The van der Waals surface area contributed by atoms with E-state index in [1.54, 1.807) is 0 Å². The summed E-state index contributed by atoms with van der Waals surface area (Å²) in [5, 5.41) is 3.50. The normalized spacial score (nSPS) is 14.5. The minimum absolute atomic E-state index is 0.714. The largest absolute Gasteiger partial charge is 0.367 e. The Kier molecular flexibility index (Phi) is 3.69. The maximum Gasteiger partial charge on any atom is 0.127 e. The van der Waals surface area contributed by atoms with E-state index in [4.69, 9.17) is 0 Å². The summed E-state index contributed by atoms with van der Waals surface area (Å²) >= 11 is 0. The van der Waals surface area contributed by atoms with Gasteiger partial charge in [-0.05, 0) is 25.0 Å². The predicted molar refractivity (Wildman–Crippen MR) is 79.4 cm³/mol. The minimum atomic E-state index is 0.714. The molecule has 5 nitrogen and oxygen atoms in total. The molecule has 1 fully saturated rings. The highest BCUT2D eigenvalue weighted by Crippen LogP contribution is 2.20. The van der Waals surface area contributed by atoms with Crippen molar-refractivity contribution in [2.45, 2.75) is 32.0 Å². The average molecular weight is 271 g/mol. The van der Waals surface area contributed by atoms with Gasteiger partial charge in [-0.25, -0.2) is 4.98 Å². The van der Waals surface area contributed by atoms with Gasteiger partial charge in [0.1, 0.15) is 5.82 Å². The van der Waals surface area contributed by atoms with Crippen LogP contribution < -0.4 is 10.2 Å². The number of aryl methyl sites for hydroxylation is 1. The van der Waals surface area contributed by atoms with E-state index in [9.17, 15) is 0 Å². The molecule has 0 aromatic carbocycles. The highest BCUT2D eigenvalue weighted by atomic mass is 15.2. The molecule has 3 rings (SSSR count). The highest BCUT2D eigenvalue weighted by molar-refractivity contribution is 5.45. The van der Waals surface area contributed by atoms with Crippen molar-refractivity contribution in [2.75, 3.05) is 11.9 Å². The van der Waals surface area contributed by atoms with E-state index in [0.29, 0.717) is 6.04 Å². The summed E-state index contributed by atoms with van der Waals surface area (Å²) in [7, 11) is 4.11. The number of anilines is 1. The first kappa shape index (κ1) is 13.1. The second kappa shape index (κ2) is 5.63. The van der Waals surface area contributed by atoms with Gasteiger partial charge in [0, 0.05) is 51.0 Å². The third kappa shape index (κ3) is 3.17. The van der Waals surface area contributed by atoms with Gasteiger partial charge in [-0.3, -0.25) is 4.98 Å². The maximum absolute atomic E-state index is 4.43. The van der Waals surface area contributed by atoms with Gasteiger partial charge in [0.25, 0.3) is 0 Å². The molecule has 0 amide bonds. The first-order chi connectivity index (χ1) is 9.72. The van der Waals surface area contributed by atoms with Crippen LogP contribution in [-0.2, 0) is 20.1 Å². The lowest BCUT2D eigenvalue weighted by atomic mass is 10.3. The Balaban J connectivity index is 1.65. The molecular formula is C15H21N5. The summed E-state index contributed by atoms with van der Waals surface area (Å²) < 4.78 is 2.05. The zero-order valence-corrected chi connectivity index (χ0v) is 12.1. The molecule has 20 heavy (non-hydrogen) atoms. The number of nitrogens with zero attached hydrogens (tertiary/aromatic N) is 4. The summed E-state index contributed by atoms with van der Waals surface area (Å²) in [4.78, 5) is 11.0. The van der Waals surface area contributed by atoms with E-state index in [2.05, 4.69) is 33.3 Å². The van der Waals surface area contributed by atoms with Gasteiger partial charge in [0.15, 0.2) is 0 Å². The summed E-state index contributed by atoms with van der Waals surface area (Å²) in [5.41, 5.74) is 2.27. The molecule has 1 N–H and O–H groups in total. The molecule has 5 heteroatoms. The summed E-state index contributed by atoms with van der Waals surface area (Å²) in [5.74, 6) is 1.06. The van der Waals surface area contributed by atoms with Gasteiger partial charge in [-0.1, -0.05) is 0 Å². The van der Waals surface area contributed by atoms with Crippen LogP contribution in [0.4, 0.5) is 5.69 Å². The number of pyridine rings is 1. The van der Waals surface area contributed by atoms with Gasteiger partial charge in [0.2, 0.25) is 0 Å². The van der Waals surface area contributed by atoms with Gasteiger partial charge in [0.05, 0.1) is 12.2 Å². The molecule has 0 spiro atoms. The Labute approximate surface area is 119 Å². The smallest absolute Gasteiger partial charge is 0.127 e. The fourth-order valence-electron chi connectivity index (χ4n) is 2.19. The number of hydrogen-bond acceptors (Lipinski definition) is 4. The van der Waals surface area contributed by atoms with E-state index in [-0.39, 0.29) is 0 Å². The molecule has 0 radical (unpaired) electrons. The molecule has 1 saturated carbocycles. The minimum Gasteiger partial charge on any atom is -0.367 e. The average Bonchev–Trinajstić information content (AvgIpc) is 3.21. The molecule has 0 aliphatic heterocycles. The van der Waals surface area contributed by atoms with Gasteiger partial charge < -0.3 is 14.8 Å². The van der Waals surface area contributed by atoms with E-state index < -0.39 is 0 Å². The topological polar surface area (TPSA) is 46.0 Å². The Bertz CT molecular complexity index is 573. The van der Waals surface area contributed by atoms with Crippen LogP contribution >= 0.6 is 0 Å². The number of aromatic nitrogens is 3. The molecule has 1 aliphatic carbocycles. The predicted octanol–water partition coefficient (Wildman–Crippen LogP) is 1.70. The van der Waals surface area contributed by atoms with Crippen molar-refractivity contribution in [3.8, 4) is 0 Å². The van der Waals surface area contributed by atoms with Crippen LogP contribution in [0.2, 0.25) is 0 Å². The number of imidazole rings is 1. The van der Waals surface area contributed by atoms with Crippen LogP contribution in [0.15, 0.2) is 30.7 Å². The van der Waals surface area contributed by atoms with Crippen LogP contribution in [0.1, 0.15) is 24.4 Å². The van der Waals surface area contributed by atoms with Crippen molar-refractivity contribution < 1.29 is 0 Å². The fraction of sp³-hybridized carbons (Fsp3) is 0.467. The zero-order valence-electron chi connectivity index (χ0n) is 12.1. The Hall–Kier alpha value is -1.88. The summed E-state index contributed by atoms with van der Waals surface area (Å²) in [6, 6.07) is 4.91. The Morgan fingerprint density at radius 1 is 1.35 bits per heavy atom. The lowest BCUT2D eigenvalue weighted by molar-refractivity contribution is 0.673. The van der Waals surface area contributed by atoms with Crippen molar-refractivity contribution in [3.63, 3.8) is 0 Å². The van der Waals surface area contributed by atoms with E-state index >= 15 is 0 Å². The van der Waals surface area contributed by atoms with Gasteiger partial charge in [-0.15, -0.1) is 0 Å². The van der Waals surface area contributed by atoms with Crippen LogP contribution in [0.5, 0.6) is 0 Å². The number of nitrogens with one attached hydrogen (secondary N) is 1.